The molecule has 0 fully saturated rings. The molecule has 4 nitrogen and oxygen atoms in total. The molecule has 0 bridgehead atoms. The summed E-state index contributed by atoms with van der Waals surface area (Å²) in [7, 11) is 0. The second kappa shape index (κ2) is 4.43. The third-order valence-electron chi connectivity index (χ3n) is 1.45. The molecule has 1 rings (SSSR count). The quantitative estimate of drug-likeness (QED) is 0.843. The van der Waals surface area contributed by atoms with Crippen molar-refractivity contribution in [1.82, 2.24) is 5.32 Å². The number of carbonyl (C=O) groups is 1. The molecule has 0 aliphatic rings. The second-order valence-corrected chi connectivity index (χ2v) is 3.44. The number of hydrogen-bond donors (Lipinski definition) is 2. The fraction of sp³-hybridized carbons (Fsp3) is 0.375. The molecule has 0 aliphatic heterocycles. The minimum Gasteiger partial charge on any atom is -0.444 e. The summed E-state index contributed by atoms with van der Waals surface area (Å²) in [5, 5.41) is 11.2. The number of halogens is 1. The van der Waals surface area contributed by atoms with Crippen molar-refractivity contribution < 1.29 is 14.3 Å². The zero-order chi connectivity index (χ0) is 9.84. The largest absolute Gasteiger partial charge is 0.444 e. The van der Waals surface area contributed by atoms with E-state index in [1.807, 2.05) is 0 Å². The molecule has 1 aromatic heterocycles. The van der Waals surface area contributed by atoms with Crippen molar-refractivity contribution in [3.63, 3.8) is 0 Å². The first-order chi connectivity index (χ1) is 6.13. The van der Waals surface area contributed by atoms with E-state index in [4.69, 9.17) is 9.52 Å². The van der Waals surface area contributed by atoms with Gasteiger partial charge < -0.3 is 14.8 Å². The van der Waals surface area contributed by atoms with Gasteiger partial charge in [0.25, 0.3) is 5.91 Å². The average molecular weight is 248 g/mol. The van der Waals surface area contributed by atoms with Gasteiger partial charge in [0.2, 0.25) is 0 Å². The minimum atomic E-state index is -0.327. The number of rotatable bonds is 3. The van der Waals surface area contributed by atoms with Crippen LogP contribution in [0.1, 0.15) is 17.5 Å². The van der Waals surface area contributed by atoms with Gasteiger partial charge in [-0.25, -0.2) is 0 Å². The molecule has 0 unspecified atom stereocenters. The van der Waals surface area contributed by atoms with E-state index in [0.717, 1.165) is 0 Å². The molecule has 72 valence electrons. The molecule has 1 amide bonds. The highest BCUT2D eigenvalue weighted by Gasteiger charge is 2.12. The maximum atomic E-state index is 11.3. The van der Waals surface area contributed by atoms with Crippen molar-refractivity contribution in [2.75, 3.05) is 6.61 Å². The highest BCUT2D eigenvalue weighted by molar-refractivity contribution is 9.10. The third-order valence-corrected chi connectivity index (χ3v) is 1.87. The third kappa shape index (κ3) is 2.86. The van der Waals surface area contributed by atoms with Crippen LogP contribution in [0.2, 0.25) is 0 Å². The number of nitrogens with one attached hydrogen (secondary N) is 1. The molecule has 1 aromatic rings. The van der Waals surface area contributed by atoms with Gasteiger partial charge in [0.05, 0.1) is 6.61 Å². The Morgan fingerprint density at radius 2 is 2.46 bits per heavy atom. The maximum absolute atomic E-state index is 11.3. The van der Waals surface area contributed by atoms with Crippen molar-refractivity contribution in [2.45, 2.75) is 13.0 Å². The van der Waals surface area contributed by atoms with Gasteiger partial charge in [0.15, 0.2) is 10.4 Å². The standard InChI is InChI=1S/C8H10BrNO3/c1-5(4-11)10-8(12)6-2-3-7(9)13-6/h2-3,5,11H,4H2,1H3,(H,10,12)/t5-/m0/s1. The Labute approximate surface area is 84.1 Å². The number of hydrogen-bond acceptors (Lipinski definition) is 3. The monoisotopic (exact) mass is 247 g/mol. The van der Waals surface area contributed by atoms with Crippen LogP contribution >= 0.6 is 15.9 Å². The highest BCUT2D eigenvalue weighted by atomic mass is 79.9. The normalized spacial score (nSPS) is 12.5. The fourth-order valence-electron chi connectivity index (χ4n) is 0.777. The molecule has 0 saturated heterocycles. The van der Waals surface area contributed by atoms with Crippen molar-refractivity contribution in [3.05, 3.63) is 22.6 Å². The van der Waals surface area contributed by atoms with E-state index in [9.17, 15) is 4.79 Å². The number of amides is 1. The first kappa shape index (κ1) is 10.3. The summed E-state index contributed by atoms with van der Waals surface area (Å²) in [6.07, 6.45) is 0. The molecule has 0 aromatic carbocycles. The summed E-state index contributed by atoms with van der Waals surface area (Å²) >= 11 is 3.09. The SMILES string of the molecule is C[C@@H](CO)NC(=O)c1ccc(Br)o1. The molecular weight excluding hydrogens is 238 g/mol. The Morgan fingerprint density at radius 1 is 1.77 bits per heavy atom. The Balaban J connectivity index is 2.58. The lowest BCUT2D eigenvalue weighted by atomic mass is 10.3. The maximum Gasteiger partial charge on any atom is 0.287 e. The lowest BCUT2D eigenvalue weighted by Gasteiger charge is -2.08. The molecule has 0 spiro atoms. The van der Waals surface area contributed by atoms with Crippen molar-refractivity contribution >= 4 is 21.8 Å². The zero-order valence-electron chi connectivity index (χ0n) is 7.08. The lowest BCUT2D eigenvalue weighted by Crippen LogP contribution is -2.34. The fourth-order valence-corrected chi connectivity index (χ4v) is 1.08. The predicted molar refractivity (Wildman–Crippen MR) is 50.4 cm³/mol. The Kier molecular flexibility index (Phi) is 3.50. The van der Waals surface area contributed by atoms with E-state index < -0.39 is 0 Å². The molecular formula is C8H10BrNO3. The van der Waals surface area contributed by atoms with Gasteiger partial charge in [-0.05, 0) is 35.0 Å². The van der Waals surface area contributed by atoms with Crippen LogP contribution in [0, 0.1) is 0 Å². The minimum absolute atomic E-state index is 0.0897. The number of carbonyl (C=O) groups excluding carboxylic acids is 1. The van der Waals surface area contributed by atoms with Crippen molar-refractivity contribution in [3.8, 4) is 0 Å². The van der Waals surface area contributed by atoms with Gasteiger partial charge in [0, 0.05) is 6.04 Å². The van der Waals surface area contributed by atoms with Gasteiger partial charge in [-0.2, -0.15) is 0 Å². The summed E-state index contributed by atoms with van der Waals surface area (Å²) in [5.41, 5.74) is 0. The van der Waals surface area contributed by atoms with Gasteiger partial charge in [0.1, 0.15) is 0 Å². The van der Waals surface area contributed by atoms with Crippen LogP contribution in [0.15, 0.2) is 21.2 Å². The predicted octanol–water partition coefficient (Wildman–Crippen LogP) is 1.15. The average Bonchev–Trinajstić information content (AvgIpc) is 2.51. The number of aliphatic hydroxyl groups excluding tert-OH is 1. The van der Waals surface area contributed by atoms with Crippen molar-refractivity contribution in [2.24, 2.45) is 0 Å². The first-order valence-corrected chi connectivity index (χ1v) is 4.60. The molecule has 5 heteroatoms. The van der Waals surface area contributed by atoms with E-state index in [0.29, 0.717) is 4.67 Å². The van der Waals surface area contributed by atoms with Gasteiger partial charge in [-0.15, -0.1) is 0 Å². The van der Waals surface area contributed by atoms with Gasteiger partial charge >= 0.3 is 0 Å². The molecule has 13 heavy (non-hydrogen) atoms. The van der Waals surface area contributed by atoms with E-state index in [1.54, 1.807) is 19.1 Å². The Morgan fingerprint density at radius 3 is 2.92 bits per heavy atom. The topological polar surface area (TPSA) is 62.5 Å². The summed E-state index contributed by atoms with van der Waals surface area (Å²) in [5.74, 6) is -0.0978. The molecule has 1 heterocycles. The Bertz CT molecular complexity index is 297. The van der Waals surface area contributed by atoms with Crippen LogP contribution < -0.4 is 5.32 Å². The molecule has 0 saturated carbocycles. The summed E-state index contributed by atoms with van der Waals surface area (Å²) in [6.45, 7) is 1.61. The summed E-state index contributed by atoms with van der Waals surface area (Å²) < 4.78 is 5.52. The Hall–Kier alpha value is -0.810. The van der Waals surface area contributed by atoms with Crippen LogP contribution in [0.4, 0.5) is 0 Å². The summed E-state index contributed by atoms with van der Waals surface area (Å²) in [6, 6.07) is 2.93. The highest BCUT2D eigenvalue weighted by Crippen LogP contribution is 2.13. The van der Waals surface area contributed by atoms with E-state index in [1.165, 1.54) is 0 Å². The van der Waals surface area contributed by atoms with E-state index in [-0.39, 0.29) is 24.3 Å². The smallest absolute Gasteiger partial charge is 0.287 e. The van der Waals surface area contributed by atoms with Crippen LogP contribution in [-0.4, -0.2) is 23.7 Å². The molecule has 0 aliphatic carbocycles. The van der Waals surface area contributed by atoms with Gasteiger partial charge in [-0.1, -0.05) is 0 Å². The number of aliphatic hydroxyl groups is 1. The van der Waals surface area contributed by atoms with Crippen LogP contribution in [0.5, 0.6) is 0 Å². The molecule has 1 atom stereocenters. The van der Waals surface area contributed by atoms with Crippen molar-refractivity contribution in [1.29, 1.82) is 0 Å². The number of furan rings is 1. The van der Waals surface area contributed by atoms with Crippen LogP contribution in [-0.2, 0) is 0 Å². The van der Waals surface area contributed by atoms with Gasteiger partial charge in [-0.3, -0.25) is 4.79 Å². The van der Waals surface area contributed by atoms with Crippen LogP contribution in [0.3, 0.4) is 0 Å². The van der Waals surface area contributed by atoms with E-state index >= 15 is 0 Å². The zero-order valence-corrected chi connectivity index (χ0v) is 8.67. The first-order valence-electron chi connectivity index (χ1n) is 3.80. The summed E-state index contributed by atoms with van der Waals surface area (Å²) in [4.78, 5) is 11.3. The second-order valence-electron chi connectivity index (χ2n) is 2.66. The molecule has 0 radical (unpaired) electrons. The lowest BCUT2D eigenvalue weighted by molar-refractivity contribution is 0.0893. The molecule has 2 N–H and O–H groups in total. The van der Waals surface area contributed by atoms with Crippen LogP contribution in [0.25, 0.3) is 0 Å². The van der Waals surface area contributed by atoms with E-state index in [2.05, 4.69) is 21.2 Å².